The lowest BCUT2D eigenvalue weighted by molar-refractivity contribution is -0.137. The van der Waals surface area contributed by atoms with Crippen molar-refractivity contribution >= 4 is 27.5 Å². The van der Waals surface area contributed by atoms with Crippen molar-refractivity contribution < 1.29 is 26.4 Å². The summed E-state index contributed by atoms with van der Waals surface area (Å²) in [6.45, 7) is 1.96. The number of hydrogen-bond donors (Lipinski definition) is 0. The Kier molecular flexibility index (Phi) is 6.98. The van der Waals surface area contributed by atoms with E-state index in [4.69, 9.17) is 11.6 Å². The van der Waals surface area contributed by atoms with Gasteiger partial charge < -0.3 is 4.90 Å². The Labute approximate surface area is 184 Å². The fourth-order valence-corrected chi connectivity index (χ4v) is 5.35. The van der Waals surface area contributed by atoms with Crippen LogP contribution in [0.5, 0.6) is 0 Å². The van der Waals surface area contributed by atoms with Crippen molar-refractivity contribution in [3.8, 4) is 0 Å². The van der Waals surface area contributed by atoms with E-state index in [9.17, 15) is 26.4 Å². The molecule has 0 aliphatic carbocycles. The summed E-state index contributed by atoms with van der Waals surface area (Å²) in [7, 11) is -2.28. The van der Waals surface area contributed by atoms with E-state index in [0.717, 1.165) is 30.3 Å². The SMILES string of the molecule is CC(c1ccc(F)c(F)c1)N(C)C(=O)C1CCN(S(=O)(=O)c2ccc(F)c(Cl)c2)CC1. The minimum Gasteiger partial charge on any atom is -0.339 e. The van der Waals surface area contributed by atoms with Crippen LogP contribution in [-0.2, 0) is 14.8 Å². The van der Waals surface area contributed by atoms with Gasteiger partial charge in [0, 0.05) is 26.1 Å². The molecule has 31 heavy (non-hydrogen) atoms. The predicted molar refractivity (Wildman–Crippen MR) is 110 cm³/mol. The monoisotopic (exact) mass is 474 g/mol. The smallest absolute Gasteiger partial charge is 0.243 e. The van der Waals surface area contributed by atoms with Crippen LogP contribution in [-0.4, -0.2) is 43.7 Å². The van der Waals surface area contributed by atoms with E-state index >= 15 is 0 Å². The molecule has 0 aromatic heterocycles. The van der Waals surface area contributed by atoms with E-state index in [-0.39, 0.29) is 28.9 Å². The van der Waals surface area contributed by atoms with E-state index < -0.39 is 39.4 Å². The Balaban J connectivity index is 1.66. The molecule has 5 nitrogen and oxygen atoms in total. The van der Waals surface area contributed by atoms with Gasteiger partial charge in [-0.2, -0.15) is 4.31 Å². The molecule has 0 radical (unpaired) electrons. The first-order chi connectivity index (χ1) is 14.5. The van der Waals surface area contributed by atoms with Crippen molar-refractivity contribution in [2.75, 3.05) is 20.1 Å². The number of amides is 1. The number of hydrogen-bond acceptors (Lipinski definition) is 3. The van der Waals surface area contributed by atoms with Gasteiger partial charge in [-0.3, -0.25) is 4.79 Å². The summed E-state index contributed by atoms with van der Waals surface area (Å²) >= 11 is 5.70. The molecule has 2 aromatic carbocycles. The number of carbonyl (C=O) groups is 1. The van der Waals surface area contributed by atoms with Crippen LogP contribution in [0.25, 0.3) is 0 Å². The largest absolute Gasteiger partial charge is 0.339 e. The van der Waals surface area contributed by atoms with Crippen molar-refractivity contribution in [3.05, 3.63) is 64.4 Å². The Morgan fingerprint density at radius 3 is 2.26 bits per heavy atom. The van der Waals surface area contributed by atoms with E-state index in [0.29, 0.717) is 18.4 Å². The van der Waals surface area contributed by atoms with Gasteiger partial charge >= 0.3 is 0 Å². The van der Waals surface area contributed by atoms with Gasteiger partial charge in [0.1, 0.15) is 5.82 Å². The maximum atomic E-state index is 13.5. The van der Waals surface area contributed by atoms with Crippen molar-refractivity contribution in [1.29, 1.82) is 0 Å². The van der Waals surface area contributed by atoms with Gasteiger partial charge in [-0.05, 0) is 55.7 Å². The molecule has 1 heterocycles. The number of benzene rings is 2. The van der Waals surface area contributed by atoms with Crippen LogP contribution in [0.15, 0.2) is 41.3 Å². The van der Waals surface area contributed by atoms with Crippen LogP contribution < -0.4 is 0 Å². The topological polar surface area (TPSA) is 57.7 Å². The zero-order chi connectivity index (χ0) is 22.9. The quantitative estimate of drug-likeness (QED) is 0.646. The third-order valence-corrected chi connectivity index (χ3v) is 7.87. The predicted octanol–water partition coefficient (Wildman–Crippen LogP) is 4.38. The normalized spacial score (nSPS) is 16.8. The summed E-state index contributed by atoms with van der Waals surface area (Å²) in [4.78, 5) is 14.3. The lowest BCUT2D eigenvalue weighted by Gasteiger charge is -2.34. The van der Waals surface area contributed by atoms with E-state index in [1.807, 2.05) is 0 Å². The second-order valence-electron chi connectivity index (χ2n) is 7.55. The van der Waals surface area contributed by atoms with Crippen LogP contribution >= 0.6 is 11.6 Å². The lowest BCUT2D eigenvalue weighted by atomic mass is 9.95. The summed E-state index contributed by atoms with van der Waals surface area (Å²) in [5.74, 6) is -3.24. The van der Waals surface area contributed by atoms with Crippen LogP contribution in [0.1, 0.15) is 31.4 Å². The van der Waals surface area contributed by atoms with Crippen LogP contribution in [0, 0.1) is 23.4 Å². The highest BCUT2D eigenvalue weighted by Gasteiger charge is 2.34. The van der Waals surface area contributed by atoms with Crippen molar-refractivity contribution in [3.63, 3.8) is 0 Å². The zero-order valence-corrected chi connectivity index (χ0v) is 18.6. The molecule has 2 aromatic rings. The molecule has 0 spiro atoms. The zero-order valence-electron chi connectivity index (χ0n) is 17.0. The second kappa shape index (κ2) is 9.18. The molecule has 1 unspecified atom stereocenters. The van der Waals surface area contributed by atoms with Crippen molar-refractivity contribution in [1.82, 2.24) is 9.21 Å². The summed E-state index contributed by atoms with van der Waals surface area (Å²) in [6.07, 6.45) is 0.615. The molecule has 0 bridgehead atoms. The first kappa shape index (κ1) is 23.6. The minimum atomic E-state index is -3.86. The van der Waals surface area contributed by atoms with Gasteiger partial charge in [-0.25, -0.2) is 21.6 Å². The molecule has 1 amide bonds. The summed E-state index contributed by atoms with van der Waals surface area (Å²) in [5, 5.41) is -0.279. The molecular weight excluding hydrogens is 453 g/mol. The maximum absolute atomic E-state index is 13.5. The Morgan fingerprint density at radius 1 is 1.06 bits per heavy atom. The average Bonchev–Trinajstić information content (AvgIpc) is 2.76. The molecule has 1 fully saturated rings. The molecule has 1 aliphatic heterocycles. The third kappa shape index (κ3) is 4.88. The van der Waals surface area contributed by atoms with Gasteiger partial charge in [-0.1, -0.05) is 17.7 Å². The van der Waals surface area contributed by atoms with Gasteiger partial charge in [0.05, 0.1) is 16.0 Å². The number of rotatable bonds is 5. The average molecular weight is 475 g/mol. The summed E-state index contributed by atoms with van der Waals surface area (Å²) < 4.78 is 66.9. The van der Waals surface area contributed by atoms with Crippen LogP contribution in [0.4, 0.5) is 13.2 Å². The standard InChI is InChI=1S/C21H22ClF3N2O3S/c1-13(15-3-5-19(24)20(25)11-15)26(2)21(28)14-7-9-27(10-8-14)31(29,30)16-4-6-18(23)17(22)12-16/h3-6,11-14H,7-10H2,1-2H3. The van der Waals surface area contributed by atoms with Gasteiger partial charge in [0.15, 0.2) is 11.6 Å². The van der Waals surface area contributed by atoms with E-state index in [2.05, 4.69) is 0 Å². The van der Waals surface area contributed by atoms with E-state index in [1.54, 1.807) is 14.0 Å². The van der Waals surface area contributed by atoms with E-state index in [1.165, 1.54) is 15.3 Å². The molecule has 168 valence electrons. The molecular formula is C21H22ClF3N2O3S. The lowest BCUT2D eigenvalue weighted by Crippen LogP contribution is -2.44. The minimum absolute atomic E-state index is 0.104. The Morgan fingerprint density at radius 2 is 1.68 bits per heavy atom. The van der Waals surface area contributed by atoms with Gasteiger partial charge in [0.2, 0.25) is 15.9 Å². The highest BCUT2D eigenvalue weighted by molar-refractivity contribution is 7.89. The van der Waals surface area contributed by atoms with Crippen molar-refractivity contribution in [2.45, 2.75) is 30.7 Å². The molecule has 0 saturated carbocycles. The Bertz CT molecular complexity index is 1090. The number of carbonyl (C=O) groups excluding carboxylic acids is 1. The first-order valence-corrected chi connectivity index (χ1v) is 11.5. The van der Waals surface area contributed by atoms with Crippen molar-refractivity contribution in [2.24, 2.45) is 5.92 Å². The molecule has 3 rings (SSSR count). The molecule has 1 atom stereocenters. The van der Waals surface area contributed by atoms with Gasteiger partial charge in [0.25, 0.3) is 0 Å². The molecule has 1 aliphatic rings. The summed E-state index contributed by atoms with van der Waals surface area (Å²) in [5.41, 5.74) is 0.461. The highest BCUT2D eigenvalue weighted by Crippen LogP contribution is 2.29. The Hall–Kier alpha value is -2.10. The van der Waals surface area contributed by atoms with Crippen LogP contribution in [0.2, 0.25) is 5.02 Å². The molecule has 0 N–H and O–H groups in total. The highest BCUT2D eigenvalue weighted by atomic mass is 35.5. The molecule has 1 saturated heterocycles. The van der Waals surface area contributed by atoms with Gasteiger partial charge in [-0.15, -0.1) is 0 Å². The number of sulfonamides is 1. The third-order valence-electron chi connectivity index (χ3n) is 5.69. The number of nitrogens with zero attached hydrogens (tertiary/aromatic N) is 2. The summed E-state index contributed by atoms with van der Waals surface area (Å²) in [6, 6.07) is 6.25. The first-order valence-electron chi connectivity index (χ1n) is 9.69. The number of halogens is 4. The fraction of sp³-hybridized carbons (Fsp3) is 0.381. The second-order valence-corrected chi connectivity index (χ2v) is 9.90. The molecule has 10 heteroatoms. The van der Waals surface area contributed by atoms with Crippen LogP contribution in [0.3, 0.4) is 0 Å². The maximum Gasteiger partial charge on any atom is 0.243 e. The fourth-order valence-electron chi connectivity index (χ4n) is 3.60. The number of piperidine rings is 1.